The highest BCUT2D eigenvalue weighted by Crippen LogP contribution is 2.27. The van der Waals surface area contributed by atoms with Crippen molar-refractivity contribution >= 4 is 11.9 Å². The Kier molecular flexibility index (Phi) is 3.99. The summed E-state index contributed by atoms with van der Waals surface area (Å²) in [6, 6.07) is 3.09. The van der Waals surface area contributed by atoms with Crippen molar-refractivity contribution < 1.29 is 23.8 Å². The average Bonchev–Trinajstić information content (AvgIpc) is 3.17. The lowest BCUT2D eigenvalue weighted by Gasteiger charge is -2.09. The van der Waals surface area contributed by atoms with Gasteiger partial charge in [-0.15, -0.1) is 0 Å². The molecular formula is C13H14FNO4. The number of hydrogen-bond acceptors (Lipinski definition) is 3. The highest BCUT2D eigenvalue weighted by molar-refractivity contribution is 5.91. The van der Waals surface area contributed by atoms with Crippen molar-refractivity contribution in [1.29, 1.82) is 0 Å². The van der Waals surface area contributed by atoms with Gasteiger partial charge in [-0.2, -0.15) is 0 Å². The molecule has 1 saturated carbocycles. The van der Waals surface area contributed by atoms with Gasteiger partial charge in [-0.05, 0) is 30.9 Å². The number of nitrogens with one attached hydrogen (secondary N) is 1. The molecule has 2 rings (SSSR count). The summed E-state index contributed by atoms with van der Waals surface area (Å²) >= 11 is 0. The van der Waals surface area contributed by atoms with Crippen LogP contribution in [0.5, 0.6) is 5.75 Å². The Morgan fingerprint density at radius 1 is 1.42 bits per heavy atom. The van der Waals surface area contributed by atoms with Crippen LogP contribution >= 0.6 is 0 Å². The van der Waals surface area contributed by atoms with Gasteiger partial charge < -0.3 is 15.2 Å². The van der Waals surface area contributed by atoms with E-state index in [-0.39, 0.29) is 23.8 Å². The molecule has 0 aliphatic heterocycles. The Labute approximate surface area is 109 Å². The van der Waals surface area contributed by atoms with E-state index in [1.807, 2.05) is 0 Å². The molecule has 0 aromatic heterocycles. The van der Waals surface area contributed by atoms with E-state index in [1.165, 1.54) is 0 Å². The van der Waals surface area contributed by atoms with Gasteiger partial charge in [0.15, 0.2) is 6.61 Å². The second kappa shape index (κ2) is 5.69. The van der Waals surface area contributed by atoms with Gasteiger partial charge in [0.2, 0.25) is 0 Å². The summed E-state index contributed by atoms with van der Waals surface area (Å²) in [6.45, 7) is 0.285. The fourth-order valence-electron chi connectivity index (χ4n) is 1.57. The Bertz CT molecular complexity index is 499. The van der Waals surface area contributed by atoms with Gasteiger partial charge in [0.1, 0.15) is 17.1 Å². The van der Waals surface area contributed by atoms with Crippen molar-refractivity contribution in [3.05, 3.63) is 29.6 Å². The third-order valence-electron chi connectivity index (χ3n) is 2.82. The first-order chi connectivity index (χ1) is 9.06. The van der Waals surface area contributed by atoms with Gasteiger partial charge >= 0.3 is 5.97 Å². The SMILES string of the molecule is O=C(COc1cc(F)ccc1C(=O)O)NCC1CC1. The molecule has 1 fully saturated rings. The monoisotopic (exact) mass is 267 g/mol. The predicted octanol–water partition coefficient (Wildman–Crippen LogP) is 1.43. The molecule has 5 nitrogen and oxygen atoms in total. The molecule has 1 aromatic rings. The number of rotatable bonds is 6. The molecule has 0 radical (unpaired) electrons. The number of amides is 1. The van der Waals surface area contributed by atoms with E-state index in [9.17, 15) is 14.0 Å². The van der Waals surface area contributed by atoms with Gasteiger partial charge in [-0.1, -0.05) is 0 Å². The summed E-state index contributed by atoms with van der Waals surface area (Å²) in [5, 5.41) is 11.6. The third kappa shape index (κ3) is 3.94. The Morgan fingerprint density at radius 3 is 2.79 bits per heavy atom. The smallest absolute Gasteiger partial charge is 0.339 e. The molecule has 0 spiro atoms. The minimum absolute atomic E-state index is 0.144. The van der Waals surface area contributed by atoms with Crippen molar-refractivity contribution in [3.63, 3.8) is 0 Å². The van der Waals surface area contributed by atoms with Gasteiger partial charge in [0.25, 0.3) is 5.91 Å². The van der Waals surface area contributed by atoms with Gasteiger partial charge in [0, 0.05) is 12.6 Å². The van der Waals surface area contributed by atoms with Crippen LogP contribution in [0.25, 0.3) is 0 Å². The molecule has 1 aromatic carbocycles. The highest BCUT2D eigenvalue weighted by Gasteiger charge is 2.21. The van der Waals surface area contributed by atoms with Gasteiger partial charge in [0.05, 0.1) is 0 Å². The molecule has 1 aliphatic rings. The summed E-state index contributed by atoms with van der Waals surface area (Å²) < 4.78 is 18.1. The van der Waals surface area contributed by atoms with Crippen LogP contribution in [0, 0.1) is 11.7 Å². The highest BCUT2D eigenvalue weighted by atomic mass is 19.1. The number of carboxylic acid groups (broad SMARTS) is 1. The molecular weight excluding hydrogens is 253 g/mol. The van der Waals surface area contributed by atoms with E-state index < -0.39 is 11.8 Å². The van der Waals surface area contributed by atoms with E-state index in [2.05, 4.69) is 5.32 Å². The van der Waals surface area contributed by atoms with Crippen LogP contribution < -0.4 is 10.1 Å². The summed E-state index contributed by atoms with van der Waals surface area (Å²) in [4.78, 5) is 22.3. The van der Waals surface area contributed by atoms with Gasteiger partial charge in [-0.3, -0.25) is 4.79 Å². The van der Waals surface area contributed by atoms with Crippen molar-refractivity contribution in [1.82, 2.24) is 5.32 Å². The molecule has 19 heavy (non-hydrogen) atoms. The van der Waals surface area contributed by atoms with E-state index in [1.54, 1.807) is 0 Å². The van der Waals surface area contributed by atoms with Crippen LogP contribution in [-0.4, -0.2) is 30.1 Å². The molecule has 0 saturated heterocycles. The Balaban J connectivity index is 1.91. The number of carbonyl (C=O) groups is 2. The Hall–Kier alpha value is -2.11. The quantitative estimate of drug-likeness (QED) is 0.817. The predicted molar refractivity (Wildman–Crippen MR) is 64.6 cm³/mol. The molecule has 0 bridgehead atoms. The van der Waals surface area contributed by atoms with Crippen LogP contribution in [-0.2, 0) is 4.79 Å². The van der Waals surface area contributed by atoms with E-state index in [4.69, 9.17) is 9.84 Å². The lowest BCUT2D eigenvalue weighted by Crippen LogP contribution is -2.30. The molecule has 0 heterocycles. The maximum atomic E-state index is 13.0. The van der Waals surface area contributed by atoms with E-state index >= 15 is 0 Å². The first-order valence-corrected chi connectivity index (χ1v) is 5.98. The number of aromatic carboxylic acids is 1. The zero-order valence-corrected chi connectivity index (χ0v) is 10.2. The second-order valence-corrected chi connectivity index (χ2v) is 4.48. The van der Waals surface area contributed by atoms with E-state index in [0.29, 0.717) is 12.5 Å². The topological polar surface area (TPSA) is 75.6 Å². The summed E-state index contributed by atoms with van der Waals surface area (Å²) in [5.74, 6) is -1.78. The number of halogens is 1. The second-order valence-electron chi connectivity index (χ2n) is 4.48. The van der Waals surface area contributed by atoms with Crippen LogP contribution in [0.3, 0.4) is 0 Å². The molecule has 6 heteroatoms. The van der Waals surface area contributed by atoms with Crippen LogP contribution in [0.2, 0.25) is 0 Å². The fraction of sp³-hybridized carbons (Fsp3) is 0.385. The minimum Gasteiger partial charge on any atom is -0.483 e. The van der Waals surface area contributed by atoms with Gasteiger partial charge in [-0.25, -0.2) is 9.18 Å². The van der Waals surface area contributed by atoms with Crippen LogP contribution in [0.4, 0.5) is 4.39 Å². The molecule has 0 unspecified atom stereocenters. The molecule has 0 atom stereocenters. The average molecular weight is 267 g/mol. The third-order valence-corrected chi connectivity index (χ3v) is 2.82. The maximum absolute atomic E-state index is 13.0. The summed E-state index contributed by atoms with van der Waals surface area (Å²) in [7, 11) is 0. The number of hydrogen-bond donors (Lipinski definition) is 2. The van der Waals surface area contributed by atoms with Crippen molar-refractivity contribution in [2.75, 3.05) is 13.2 Å². The normalized spacial score (nSPS) is 13.9. The first kappa shape index (κ1) is 13.3. The Morgan fingerprint density at radius 2 is 2.16 bits per heavy atom. The number of ether oxygens (including phenoxy) is 1. The number of carboxylic acids is 1. The number of carbonyl (C=O) groups excluding carboxylic acids is 1. The van der Waals surface area contributed by atoms with Crippen LogP contribution in [0.15, 0.2) is 18.2 Å². The molecule has 2 N–H and O–H groups in total. The largest absolute Gasteiger partial charge is 0.483 e. The fourth-order valence-corrected chi connectivity index (χ4v) is 1.57. The lowest BCUT2D eigenvalue weighted by molar-refractivity contribution is -0.123. The first-order valence-electron chi connectivity index (χ1n) is 5.98. The molecule has 102 valence electrons. The van der Waals surface area contributed by atoms with Crippen molar-refractivity contribution in [3.8, 4) is 5.75 Å². The molecule has 1 aliphatic carbocycles. The van der Waals surface area contributed by atoms with Crippen LogP contribution in [0.1, 0.15) is 23.2 Å². The zero-order valence-electron chi connectivity index (χ0n) is 10.2. The summed E-state index contributed by atoms with van der Waals surface area (Å²) in [6.07, 6.45) is 2.24. The number of benzene rings is 1. The summed E-state index contributed by atoms with van der Waals surface area (Å²) in [5.41, 5.74) is -0.170. The molecule has 1 amide bonds. The minimum atomic E-state index is -1.23. The maximum Gasteiger partial charge on any atom is 0.339 e. The van der Waals surface area contributed by atoms with Crippen molar-refractivity contribution in [2.24, 2.45) is 5.92 Å². The lowest BCUT2D eigenvalue weighted by atomic mass is 10.2. The standard InChI is InChI=1S/C13H14FNO4/c14-9-3-4-10(13(17)18)11(5-9)19-7-12(16)15-6-8-1-2-8/h3-5,8H,1-2,6-7H2,(H,15,16)(H,17,18). The zero-order chi connectivity index (χ0) is 13.8. The van der Waals surface area contributed by atoms with Crippen molar-refractivity contribution in [2.45, 2.75) is 12.8 Å². The van der Waals surface area contributed by atoms with E-state index in [0.717, 1.165) is 31.0 Å².